The molecule has 0 unspecified atom stereocenters. The Bertz CT molecular complexity index is 395. The highest BCUT2D eigenvalue weighted by Gasteiger charge is 2.42. The zero-order valence-corrected chi connectivity index (χ0v) is 14.9. The Balaban J connectivity index is 1.47. The molecule has 0 radical (unpaired) electrons. The second-order valence-corrected chi connectivity index (χ2v) is 8.17. The number of rotatable bonds is 5. The maximum Gasteiger partial charge on any atom is 0.248 e. The molecule has 2 saturated heterocycles. The van der Waals surface area contributed by atoms with Crippen LogP contribution in [0.4, 0.5) is 0 Å². The summed E-state index contributed by atoms with van der Waals surface area (Å²) >= 11 is 0. The molecule has 0 aromatic heterocycles. The van der Waals surface area contributed by atoms with E-state index in [2.05, 4.69) is 4.90 Å². The number of carbonyl (C=O) groups is 1. The predicted octanol–water partition coefficient (Wildman–Crippen LogP) is 2.92. The first kappa shape index (κ1) is 17.2. The summed E-state index contributed by atoms with van der Waals surface area (Å²) in [5.41, 5.74) is 0.369. The predicted molar refractivity (Wildman–Crippen MR) is 92.4 cm³/mol. The quantitative estimate of drug-likeness (QED) is 0.780. The zero-order valence-electron chi connectivity index (χ0n) is 14.9. The highest BCUT2D eigenvalue weighted by molar-refractivity contribution is 5.77. The van der Waals surface area contributed by atoms with Crippen molar-refractivity contribution in [3.05, 3.63) is 0 Å². The fraction of sp³-hybridized carbons (Fsp3) is 0.947. The van der Waals surface area contributed by atoms with E-state index in [9.17, 15) is 4.79 Å². The van der Waals surface area contributed by atoms with Crippen molar-refractivity contribution in [3.8, 4) is 0 Å². The van der Waals surface area contributed by atoms with Crippen LogP contribution in [0.2, 0.25) is 0 Å². The first-order chi connectivity index (χ1) is 11.2. The molecule has 3 fully saturated rings. The third-order valence-corrected chi connectivity index (χ3v) is 6.38. The Labute approximate surface area is 141 Å². The van der Waals surface area contributed by atoms with Gasteiger partial charge in [-0.25, -0.2) is 0 Å². The largest absolute Gasteiger partial charge is 0.375 e. The smallest absolute Gasteiger partial charge is 0.248 e. The summed E-state index contributed by atoms with van der Waals surface area (Å²) in [5, 5.41) is 0. The maximum atomic E-state index is 12.1. The molecule has 2 heterocycles. The number of amides is 1. The highest BCUT2D eigenvalue weighted by atomic mass is 16.5. The van der Waals surface area contributed by atoms with Crippen molar-refractivity contribution in [1.29, 1.82) is 0 Å². The first-order valence-electron chi connectivity index (χ1n) is 9.70. The monoisotopic (exact) mass is 322 g/mol. The first-order valence-corrected chi connectivity index (χ1v) is 9.70. The molecule has 23 heavy (non-hydrogen) atoms. The van der Waals surface area contributed by atoms with Crippen LogP contribution >= 0.6 is 0 Å². The molecule has 0 aromatic rings. The summed E-state index contributed by atoms with van der Waals surface area (Å²) in [7, 11) is 1.61. The molecule has 1 aliphatic carbocycles. The van der Waals surface area contributed by atoms with Gasteiger partial charge in [-0.1, -0.05) is 32.1 Å². The molecule has 4 heteroatoms. The van der Waals surface area contributed by atoms with Gasteiger partial charge in [-0.2, -0.15) is 0 Å². The van der Waals surface area contributed by atoms with Crippen molar-refractivity contribution < 1.29 is 9.53 Å². The lowest BCUT2D eigenvalue weighted by molar-refractivity contribution is -0.134. The van der Waals surface area contributed by atoms with E-state index in [0.717, 1.165) is 19.0 Å². The lowest BCUT2D eigenvalue weighted by Gasteiger charge is -2.41. The van der Waals surface area contributed by atoms with E-state index in [1.54, 1.807) is 7.11 Å². The molecule has 1 amide bonds. The standard InChI is InChI=1S/C19H34N2O2/c1-23-14-18(22)21-13-10-19(16-21)9-5-11-20(15-19)12-8-17-6-3-2-4-7-17/h17H,2-16H2,1H3/t19-/m1/s1. The van der Waals surface area contributed by atoms with Crippen LogP contribution in [0.1, 0.15) is 57.8 Å². The van der Waals surface area contributed by atoms with Crippen LogP contribution in [0.25, 0.3) is 0 Å². The van der Waals surface area contributed by atoms with Crippen LogP contribution in [-0.4, -0.2) is 62.1 Å². The average Bonchev–Trinajstić information content (AvgIpc) is 2.98. The molecule has 0 N–H and O–H groups in total. The van der Waals surface area contributed by atoms with Crippen LogP contribution in [0.3, 0.4) is 0 Å². The number of likely N-dealkylation sites (tertiary alicyclic amines) is 2. The number of piperidine rings is 1. The van der Waals surface area contributed by atoms with E-state index in [4.69, 9.17) is 4.74 Å². The Morgan fingerprint density at radius 3 is 2.70 bits per heavy atom. The minimum absolute atomic E-state index is 0.170. The fourth-order valence-corrected chi connectivity index (χ4v) is 5.04. The SMILES string of the molecule is COCC(=O)N1CC[C@@]2(CCCN(CCC3CCCCC3)C2)C1. The van der Waals surface area contributed by atoms with E-state index in [0.29, 0.717) is 5.41 Å². The van der Waals surface area contributed by atoms with Gasteiger partial charge in [-0.05, 0) is 44.7 Å². The maximum absolute atomic E-state index is 12.1. The van der Waals surface area contributed by atoms with Crippen LogP contribution in [0, 0.1) is 11.3 Å². The molecule has 0 bridgehead atoms. The molecule has 4 nitrogen and oxygen atoms in total. The Morgan fingerprint density at radius 1 is 1.09 bits per heavy atom. The molecular formula is C19H34N2O2. The van der Waals surface area contributed by atoms with Crippen LogP contribution in [0.5, 0.6) is 0 Å². The minimum atomic E-state index is 0.170. The van der Waals surface area contributed by atoms with Gasteiger partial charge in [0.05, 0.1) is 0 Å². The number of ether oxygens (including phenoxy) is 1. The summed E-state index contributed by atoms with van der Waals surface area (Å²) in [6.07, 6.45) is 12.4. The van der Waals surface area contributed by atoms with Gasteiger partial charge in [0.1, 0.15) is 6.61 Å². The molecule has 3 aliphatic rings. The lowest BCUT2D eigenvalue weighted by Crippen LogP contribution is -2.46. The Morgan fingerprint density at radius 2 is 1.91 bits per heavy atom. The zero-order chi connectivity index (χ0) is 16.1. The van der Waals surface area contributed by atoms with Gasteiger partial charge in [0.25, 0.3) is 0 Å². The number of hydrogen-bond acceptors (Lipinski definition) is 3. The molecule has 132 valence electrons. The summed E-state index contributed by atoms with van der Waals surface area (Å²) in [5.74, 6) is 1.15. The van der Waals surface area contributed by atoms with Gasteiger partial charge in [-0.3, -0.25) is 4.79 Å². The molecule has 0 aromatic carbocycles. The lowest BCUT2D eigenvalue weighted by atomic mass is 9.79. The molecule has 3 rings (SSSR count). The van der Waals surface area contributed by atoms with Crippen LogP contribution in [0.15, 0.2) is 0 Å². The number of hydrogen-bond donors (Lipinski definition) is 0. The van der Waals surface area contributed by atoms with E-state index in [1.807, 2.05) is 4.90 Å². The van der Waals surface area contributed by atoms with Crippen molar-refractivity contribution in [3.63, 3.8) is 0 Å². The van der Waals surface area contributed by atoms with Gasteiger partial charge in [0, 0.05) is 32.2 Å². The normalized spacial score (nSPS) is 30.2. The molecule has 1 saturated carbocycles. The molecule has 1 spiro atoms. The number of carbonyl (C=O) groups excluding carboxylic acids is 1. The van der Waals surface area contributed by atoms with Crippen molar-refractivity contribution >= 4 is 5.91 Å². The average molecular weight is 322 g/mol. The van der Waals surface area contributed by atoms with Gasteiger partial charge in [0.15, 0.2) is 0 Å². The number of methoxy groups -OCH3 is 1. The minimum Gasteiger partial charge on any atom is -0.375 e. The van der Waals surface area contributed by atoms with Crippen molar-refractivity contribution in [2.45, 2.75) is 57.8 Å². The molecular weight excluding hydrogens is 288 g/mol. The van der Waals surface area contributed by atoms with Gasteiger partial charge in [-0.15, -0.1) is 0 Å². The second-order valence-electron chi connectivity index (χ2n) is 8.17. The van der Waals surface area contributed by atoms with E-state index < -0.39 is 0 Å². The van der Waals surface area contributed by atoms with E-state index >= 15 is 0 Å². The van der Waals surface area contributed by atoms with Crippen molar-refractivity contribution in [2.75, 3.05) is 46.4 Å². The van der Waals surface area contributed by atoms with Crippen LogP contribution in [-0.2, 0) is 9.53 Å². The summed E-state index contributed by atoms with van der Waals surface area (Å²) in [6, 6.07) is 0. The van der Waals surface area contributed by atoms with Crippen molar-refractivity contribution in [1.82, 2.24) is 9.80 Å². The van der Waals surface area contributed by atoms with E-state index in [1.165, 1.54) is 77.4 Å². The summed E-state index contributed by atoms with van der Waals surface area (Å²) in [4.78, 5) is 16.8. The van der Waals surface area contributed by atoms with E-state index in [-0.39, 0.29) is 12.5 Å². The highest BCUT2D eigenvalue weighted by Crippen LogP contribution is 2.39. The van der Waals surface area contributed by atoms with Crippen LogP contribution < -0.4 is 0 Å². The van der Waals surface area contributed by atoms with Crippen molar-refractivity contribution in [2.24, 2.45) is 11.3 Å². The second kappa shape index (κ2) is 7.98. The summed E-state index contributed by atoms with van der Waals surface area (Å²) in [6.45, 7) is 5.87. The fourth-order valence-electron chi connectivity index (χ4n) is 5.04. The Hall–Kier alpha value is -0.610. The topological polar surface area (TPSA) is 32.8 Å². The third-order valence-electron chi connectivity index (χ3n) is 6.38. The Kier molecular flexibility index (Phi) is 5.97. The third kappa shape index (κ3) is 4.48. The molecule has 2 aliphatic heterocycles. The summed E-state index contributed by atoms with van der Waals surface area (Å²) < 4.78 is 5.02. The van der Waals surface area contributed by atoms with Gasteiger partial charge in [0.2, 0.25) is 5.91 Å². The van der Waals surface area contributed by atoms with Gasteiger partial charge < -0.3 is 14.5 Å². The number of nitrogens with zero attached hydrogens (tertiary/aromatic N) is 2. The molecule has 1 atom stereocenters. The van der Waals surface area contributed by atoms with Gasteiger partial charge >= 0.3 is 0 Å².